The summed E-state index contributed by atoms with van der Waals surface area (Å²) in [5.74, 6) is 0.121. The standard InChI is InChI=1S/C12H19N3O3/c1-9-6-11(16)15(18-9)12(17)8-14-5-3-2-4-10(14)7-13/h6,10H,2-5,7-8,13H2,1H3. The molecule has 1 fully saturated rings. The van der Waals surface area contributed by atoms with Crippen LogP contribution in [0.25, 0.3) is 0 Å². The smallest absolute Gasteiger partial charge is 0.290 e. The van der Waals surface area contributed by atoms with Crippen molar-refractivity contribution >= 4 is 5.91 Å². The summed E-state index contributed by atoms with van der Waals surface area (Å²) in [4.78, 5) is 25.5. The lowest BCUT2D eigenvalue weighted by atomic mass is 10.0. The van der Waals surface area contributed by atoms with E-state index >= 15 is 0 Å². The van der Waals surface area contributed by atoms with E-state index in [1.54, 1.807) is 6.92 Å². The monoisotopic (exact) mass is 253 g/mol. The Kier molecular flexibility index (Phi) is 3.98. The average molecular weight is 253 g/mol. The topological polar surface area (TPSA) is 81.5 Å². The summed E-state index contributed by atoms with van der Waals surface area (Å²) in [6.45, 7) is 3.23. The lowest BCUT2D eigenvalue weighted by molar-refractivity contribution is 0.0643. The third-order valence-corrected chi connectivity index (χ3v) is 3.35. The number of nitrogens with zero attached hydrogens (tertiary/aromatic N) is 2. The predicted octanol–water partition coefficient (Wildman–Crippen LogP) is 0.203. The molecule has 2 N–H and O–H groups in total. The second-order valence-corrected chi connectivity index (χ2v) is 4.73. The quantitative estimate of drug-likeness (QED) is 0.832. The molecule has 0 saturated carbocycles. The normalized spacial score (nSPS) is 21.1. The summed E-state index contributed by atoms with van der Waals surface area (Å²) >= 11 is 0. The van der Waals surface area contributed by atoms with Crippen LogP contribution in [0.5, 0.6) is 0 Å². The first kappa shape index (κ1) is 13.0. The summed E-state index contributed by atoms with van der Waals surface area (Å²) in [5, 5.41) is 0. The highest BCUT2D eigenvalue weighted by Gasteiger charge is 2.24. The molecule has 100 valence electrons. The van der Waals surface area contributed by atoms with Gasteiger partial charge in [-0.05, 0) is 26.3 Å². The van der Waals surface area contributed by atoms with E-state index in [4.69, 9.17) is 10.3 Å². The van der Waals surface area contributed by atoms with Gasteiger partial charge in [-0.25, -0.2) is 0 Å². The zero-order valence-electron chi connectivity index (χ0n) is 10.6. The van der Waals surface area contributed by atoms with E-state index in [2.05, 4.69) is 0 Å². The minimum absolute atomic E-state index is 0.189. The van der Waals surface area contributed by atoms with E-state index in [0.29, 0.717) is 12.3 Å². The van der Waals surface area contributed by atoms with Crippen molar-refractivity contribution in [1.29, 1.82) is 0 Å². The second-order valence-electron chi connectivity index (χ2n) is 4.73. The summed E-state index contributed by atoms with van der Waals surface area (Å²) < 4.78 is 5.91. The molecule has 0 aliphatic carbocycles. The molecule has 1 unspecified atom stereocenters. The van der Waals surface area contributed by atoms with Crippen LogP contribution < -0.4 is 11.3 Å². The van der Waals surface area contributed by atoms with Gasteiger partial charge in [-0.15, -0.1) is 4.74 Å². The van der Waals surface area contributed by atoms with Gasteiger partial charge in [-0.2, -0.15) is 0 Å². The van der Waals surface area contributed by atoms with E-state index < -0.39 is 5.56 Å². The zero-order chi connectivity index (χ0) is 13.1. The summed E-state index contributed by atoms with van der Waals surface area (Å²) in [6.07, 6.45) is 3.22. The van der Waals surface area contributed by atoms with Gasteiger partial charge < -0.3 is 10.3 Å². The van der Waals surface area contributed by atoms with Crippen molar-refractivity contribution in [2.75, 3.05) is 19.6 Å². The van der Waals surface area contributed by atoms with Crippen molar-refractivity contribution in [3.8, 4) is 0 Å². The van der Waals surface area contributed by atoms with Crippen molar-refractivity contribution in [3.05, 3.63) is 22.2 Å². The highest BCUT2D eigenvalue weighted by molar-refractivity contribution is 5.79. The highest BCUT2D eigenvalue weighted by Crippen LogP contribution is 2.15. The zero-order valence-corrected chi connectivity index (χ0v) is 10.6. The minimum atomic E-state index is -0.404. The van der Waals surface area contributed by atoms with Crippen LogP contribution in [0.4, 0.5) is 0 Å². The van der Waals surface area contributed by atoms with Crippen LogP contribution >= 0.6 is 0 Å². The van der Waals surface area contributed by atoms with Crippen LogP contribution in [-0.2, 0) is 0 Å². The first-order chi connectivity index (χ1) is 8.61. The van der Waals surface area contributed by atoms with Gasteiger partial charge in [0.15, 0.2) is 0 Å². The maximum Gasteiger partial charge on any atom is 0.290 e. The number of likely N-dealkylation sites (tertiary alicyclic amines) is 1. The van der Waals surface area contributed by atoms with Gasteiger partial charge in [0.1, 0.15) is 5.76 Å². The van der Waals surface area contributed by atoms with Crippen LogP contribution in [-0.4, -0.2) is 41.2 Å². The molecule has 0 amide bonds. The fourth-order valence-electron chi connectivity index (χ4n) is 2.39. The summed E-state index contributed by atoms with van der Waals surface area (Å²) in [5.41, 5.74) is 5.29. The highest BCUT2D eigenvalue weighted by atomic mass is 16.5. The first-order valence-corrected chi connectivity index (χ1v) is 6.29. The van der Waals surface area contributed by atoms with Crippen molar-refractivity contribution in [1.82, 2.24) is 9.64 Å². The molecule has 0 aromatic carbocycles. The number of aromatic nitrogens is 1. The van der Waals surface area contributed by atoms with Crippen LogP contribution in [0.3, 0.4) is 0 Å². The second kappa shape index (κ2) is 5.49. The Labute approximate surface area is 105 Å². The lowest BCUT2D eigenvalue weighted by Crippen LogP contribution is -2.47. The van der Waals surface area contributed by atoms with Gasteiger partial charge in [0.2, 0.25) is 0 Å². The Balaban J connectivity index is 2.06. The molecule has 18 heavy (non-hydrogen) atoms. The van der Waals surface area contributed by atoms with Crippen LogP contribution in [0.2, 0.25) is 0 Å². The molecular weight excluding hydrogens is 234 g/mol. The third kappa shape index (κ3) is 2.70. The Morgan fingerprint density at radius 1 is 1.56 bits per heavy atom. The Hall–Kier alpha value is -1.40. The van der Waals surface area contributed by atoms with Gasteiger partial charge in [0.25, 0.3) is 11.5 Å². The van der Waals surface area contributed by atoms with Crippen molar-refractivity contribution in [2.24, 2.45) is 5.73 Å². The fourth-order valence-corrected chi connectivity index (χ4v) is 2.39. The van der Waals surface area contributed by atoms with E-state index in [9.17, 15) is 9.59 Å². The number of carbonyl (C=O) groups excluding carboxylic acids is 1. The van der Waals surface area contributed by atoms with Crippen molar-refractivity contribution in [2.45, 2.75) is 32.2 Å². The molecule has 0 spiro atoms. The van der Waals surface area contributed by atoms with Crippen LogP contribution in [0.1, 0.15) is 29.8 Å². The predicted molar refractivity (Wildman–Crippen MR) is 66.6 cm³/mol. The van der Waals surface area contributed by atoms with Gasteiger partial charge in [-0.3, -0.25) is 14.5 Å². The largest absolute Gasteiger partial charge is 0.373 e. The van der Waals surface area contributed by atoms with Gasteiger partial charge in [0.05, 0.1) is 6.54 Å². The molecule has 6 nitrogen and oxygen atoms in total. The fraction of sp³-hybridized carbons (Fsp3) is 0.667. The van der Waals surface area contributed by atoms with Crippen molar-refractivity contribution in [3.63, 3.8) is 0 Å². The Morgan fingerprint density at radius 2 is 2.33 bits per heavy atom. The Morgan fingerprint density at radius 3 is 2.94 bits per heavy atom. The van der Waals surface area contributed by atoms with E-state index in [0.717, 1.165) is 30.5 Å². The number of carbonyl (C=O) groups is 1. The number of rotatable bonds is 3. The first-order valence-electron chi connectivity index (χ1n) is 6.29. The van der Waals surface area contributed by atoms with Crippen molar-refractivity contribution < 1.29 is 9.32 Å². The minimum Gasteiger partial charge on any atom is -0.373 e. The molecule has 0 radical (unpaired) electrons. The number of piperidine rings is 1. The molecule has 6 heteroatoms. The number of aryl methyl sites for hydroxylation is 1. The number of hydrogen-bond donors (Lipinski definition) is 1. The molecule has 0 bridgehead atoms. The molecule has 1 aliphatic rings. The van der Waals surface area contributed by atoms with E-state index in [-0.39, 0.29) is 18.5 Å². The van der Waals surface area contributed by atoms with E-state index in [1.807, 2.05) is 4.90 Å². The average Bonchev–Trinajstić information content (AvgIpc) is 2.69. The number of nitrogens with two attached hydrogens (primary N) is 1. The van der Waals surface area contributed by atoms with Gasteiger partial charge >= 0.3 is 0 Å². The molecule has 1 aliphatic heterocycles. The maximum atomic E-state index is 12.0. The van der Waals surface area contributed by atoms with E-state index in [1.165, 1.54) is 6.07 Å². The molecule has 1 aromatic rings. The number of hydrogen-bond acceptors (Lipinski definition) is 5. The Bertz CT molecular complexity index is 477. The van der Waals surface area contributed by atoms with Crippen LogP contribution in [0.15, 0.2) is 15.4 Å². The lowest BCUT2D eigenvalue weighted by Gasteiger charge is -2.33. The van der Waals surface area contributed by atoms with Crippen LogP contribution in [0, 0.1) is 6.92 Å². The van der Waals surface area contributed by atoms with Gasteiger partial charge in [0, 0.05) is 18.7 Å². The molecule has 2 rings (SSSR count). The SMILES string of the molecule is Cc1cc(=O)n(C(=O)CN2CCCCC2CN)o1. The molecule has 1 saturated heterocycles. The maximum absolute atomic E-state index is 12.0. The van der Waals surface area contributed by atoms with Gasteiger partial charge in [-0.1, -0.05) is 6.42 Å². The molecule has 1 aromatic heterocycles. The third-order valence-electron chi connectivity index (χ3n) is 3.35. The summed E-state index contributed by atoms with van der Waals surface area (Å²) in [6, 6.07) is 1.54. The summed E-state index contributed by atoms with van der Waals surface area (Å²) in [7, 11) is 0. The molecule has 2 heterocycles. The molecular formula is C12H19N3O3. The molecule has 1 atom stereocenters.